The lowest BCUT2D eigenvalue weighted by atomic mass is 10.1. The Balaban J connectivity index is 1.67. The van der Waals surface area contributed by atoms with E-state index >= 15 is 0 Å². The van der Waals surface area contributed by atoms with Gasteiger partial charge in [0.25, 0.3) is 5.91 Å². The molecule has 28 heavy (non-hydrogen) atoms. The number of sulfonamides is 1. The summed E-state index contributed by atoms with van der Waals surface area (Å²) in [7, 11) is -3.39. The molecule has 1 N–H and O–H groups in total. The van der Waals surface area contributed by atoms with Gasteiger partial charge in [-0.1, -0.05) is 18.2 Å². The van der Waals surface area contributed by atoms with Crippen LogP contribution in [0.3, 0.4) is 0 Å². The van der Waals surface area contributed by atoms with Crippen LogP contribution in [0.15, 0.2) is 48.5 Å². The first-order valence-corrected chi connectivity index (χ1v) is 10.3. The van der Waals surface area contributed by atoms with Gasteiger partial charge in [0.2, 0.25) is 10.0 Å². The van der Waals surface area contributed by atoms with Gasteiger partial charge in [-0.15, -0.1) is 0 Å². The number of halogens is 3. The molecule has 1 heterocycles. The summed E-state index contributed by atoms with van der Waals surface area (Å²) in [5.41, 5.74) is -0.0597. The van der Waals surface area contributed by atoms with Gasteiger partial charge in [0, 0.05) is 24.3 Å². The summed E-state index contributed by atoms with van der Waals surface area (Å²) in [6, 6.07) is 10.3. The molecule has 0 unspecified atom stereocenters. The van der Waals surface area contributed by atoms with E-state index in [0.717, 1.165) is 25.0 Å². The largest absolute Gasteiger partial charge is 0.416 e. The predicted molar refractivity (Wildman–Crippen MR) is 99.3 cm³/mol. The van der Waals surface area contributed by atoms with Crippen LogP contribution in [-0.2, 0) is 22.0 Å². The molecule has 0 saturated carbocycles. The van der Waals surface area contributed by atoms with Crippen molar-refractivity contribution < 1.29 is 26.4 Å². The number of carbonyl (C=O) groups is 1. The highest BCUT2D eigenvalue weighted by Crippen LogP contribution is 2.30. The zero-order valence-electron chi connectivity index (χ0n) is 14.9. The molecule has 0 atom stereocenters. The van der Waals surface area contributed by atoms with Crippen molar-refractivity contribution in [2.75, 3.05) is 18.4 Å². The molecule has 9 heteroatoms. The normalized spacial score (nSPS) is 15.5. The van der Waals surface area contributed by atoms with Crippen molar-refractivity contribution in [2.45, 2.75) is 24.8 Å². The maximum atomic E-state index is 12.8. The molecular formula is C19H19F3N2O3S. The Morgan fingerprint density at radius 1 is 1.04 bits per heavy atom. The molecule has 1 saturated heterocycles. The van der Waals surface area contributed by atoms with Gasteiger partial charge in [-0.3, -0.25) is 4.79 Å². The zero-order valence-corrected chi connectivity index (χ0v) is 15.7. The number of hydrogen-bond acceptors (Lipinski definition) is 3. The smallest absolute Gasteiger partial charge is 0.322 e. The van der Waals surface area contributed by atoms with Crippen molar-refractivity contribution in [2.24, 2.45) is 0 Å². The summed E-state index contributed by atoms with van der Waals surface area (Å²) < 4.78 is 64.4. The van der Waals surface area contributed by atoms with E-state index in [0.29, 0.717) is 18.7 Å². The topological polar surface area (TPSA) is 66.5 Å². The molecule has 150 valence electrons. The number of nitrogens with zero attached hydrogens (tertiary/aromatic N) is 1. The first kappa shape index (κ1) is 20.3. The van der Waals surface area contributed by atoms with Crippen LogP contribution < -0.4 is 5.32 Å². The highest BCUT2D eigenvalue weighted by molar-refractivity contribution is 7.88. The molecule has 1 aliphatic heterocycles. The number of benzene rings is 2. The average molecular weight is 412 g/mol. The molecule has 0 aliphatic carbocycles. The zero-order chi connectivity index (χ0) is 20.4. The number of rotatable bonds is 5. The lowest BCUT2D eigenvalue weighted by molar-refractivity contribution is -0.137. The molecule has 0 radical (unpaired) electrons. The van der Waals surface area contributed by atoms with E-state index in [-0.39, 0.29) is 17.0 Å². The predicted octanol–water partition coefficient (Wildman–Crippen LogP) is 3.88. The third kappa shape index (κ3) is 4.90. The van der Waals surface area contributed by atoms with Crippen LogP contribution in [0.1, 0.15) is 34.3 Å². The van der Waals surface area contributed by atoms with Crippen LogP contribution >= 0.6 is 0 Å². The van der Waals surface area contributed by atoms with Crippen LogP contribution in [0.25, 0.3) is 0 Å². The number of carbonyl (C=O) groups excluding carboxylic acids is 1. The van der Waals surface area contributed by atoms with E-state index in [9.17, 15) is 26.4 Å². The molecule has 2 aromatic carbocycles. The highest BCUT2D eigenvalue weighted by Gasteiger charge is 2.30. The van der Waals surface area contributed by atoms with E-state index < -0.39 is 27.7 Å². The molecule has 3 rings (SSSR count). The lowest BCUT2D eigenvalue weighted by Crippen LogP contribution is -2.29. The SMILES string of the molecule is O=C(Nc1cccc(C(F)(F)F)c1)c1ccc(CS(=O)(=O)N2CCCC2)cc1. The number of alkyl halides is 3. The summed E-state index contributed by atoms with van der Waals surface area (Å²) in [5, 5.41) is 2.42. The molecule has 0 bridgehead atoms. The van der Waals surface area contributed by atoms with Crippen molar-refractivity contribution in [3.05, 3.63) is 65.2 Å². The summed E-state index contributed by atoms with van der Waals surface area (Å²) in [5.74, 6) is -0.726. The minimum Gasteiger partial charge on any atom is -0.322 e. The highest BCUT2D eigenvalue weighted by atomic mass is 32.2. The number of amides is 1. The Hall–Kier alpha value is -2.39. The summed E-state index contributed by atoms with van der Waals surface area (Å²) in [4.78, 5) is 12.3. The maximum Gasteiger partial charge on any atom is 0.416 e. The Morgan fingerprint density at radius 2 is 1.68 bits per heavy atom. The number of anilines is 1. The molecule has 1 fully saturated rings. The van der Waals surface area contributed by atoms with Gasteiger partial charge in [0.1, 0.15) is 0 Å². The quantitative estimate of drug-likeness (QED) is 0.811. The third-order valence-corrected chi connectivity index (χ3v) is 6.32. The van der Waals surface area contributed by atoms with Gasteiger partial charge in [0.15, 0.2) is 0 Å². The van der Waals surface area contributed by atoms with E-state index in [4.69, 9.17) is 0 Å². The van der Waals surface area contributed by atoms with Gasteiger partial charge in [-0.2, -0.15) is 13.2 Å². The van der Waals surface area contributed by atoms with Crippen LogP contribution in [-0.4, -0.2) is 31.7 Å². The van der Waals surface area contributed by atoms with Gasteiger partial charge in [-0.25, -0.2) is 12.7 Å². The van der Waals surface area contributed by atoms with E-state index in [2.05, 4.69) is 5.32 Å². The Morgan fingerprint density at radius 3 is 2.29 bits per heavy atom. The van der Waals surface area contributed by atoms with Gasteiger partial charge in [0.05, 0.1) is 11.3 Å². The van der Waals surface area contributed by atoms with Crippen LogP contribution in [0.2, 0.25) is 0 Å². The Kier molecular flexibility index (Phi) is 5.76. The Labute approximate surface area is 161 Å². The molecule has 2 aromatic rings. The van der Waals surface area contributed by atoms with E-state index in [1.54, 1.807) is 0 Å². The molecule has 1 amide bonds. The lowest BCUT2D eigenvalue weighted by Gasteiger charge is -2.15. The van der Waals surface area contributed by atoms with Crippen molar-refractivity contribution in [1.82, 2.24) is 4.31 Å². The minimum absolute atomic E-state index is 0.0283. The van der Waals surface area contributed by atoms with Gasteiger partial charge < -0.3 is 5.32 Å². The van der Waals surface area contributed by atoms with Crippen LogP contribution in [0, 0.1) is 0 Å². The fraction of sp³-hybridized carbons (Fsp3) is 0.316. The second kappa shape index (κ2) is 7.92. The monoisotopic (exact) mass is 412 g/mol. The number of hydrogen-bond donors (Lipinski definition) is 1. The summed E-state index contributed by atoms with van der Waals surface area (Å²) in [6.45, 7) is 1.06. The Bertz CT molecular complexity index is 951. The van der Waals surface area contributed by atoms with Crippen molar-refractivity contribution in [3.8, 4) is 0 Å². The van der Waals surface area contributed by atoms with Crippen LogP contribution in [0.4, 0.5) is 18.9 Å². The van der Waals surface area contributed by atoms with Gasteiger partial charge >= 0.3 is 6.18 Å². The second-order valence-corrected chi connectivity index (χ2v) is 8.56. The first-order valence-electron chi connectivity index (χ1n) is 8.70. The maximum absolute atomic E-state index is 12.8. The third-order valence-electron chi connectivity index (χ3n) is 4.47. The minimum atomic E-state index is -4.50. The summed E-state index contributed by atoms with van der Waals surface area (Å²) in [6.07, 6.45) is -2.79. The van der Waals surface area contributed by atoms with Crippen LogP contribution in [0.5, 0.6) is 0 Å². The number of nitrogens with one attached hydrogen (secondary N) is 1. The molecular weight excluding hydrogens is 393 g/mol. The van der Waals surface area contributed by atoms with E-state index in [1.807, 2.05) is 0 Å². The standard InChI is InChI=1S/C19H19F3N2O3S/c20-19(21,22)16-4-3-5-17(12-16)23-18(25)15-8-6-14(7-9-15)13-28(26,27)24-10-1-2-11-24/h3-9,12H,1-2,10-11,13H2,(H,23,25). The molecule has 0 aromatic heterocycles. The summed E-state index contributed by atoms with van der Waals surface area (Å²) >= 11 is 0. The van der Waals surface area contributed by atoms with Crippen molar-refractivity contribution >= 4 is 21.6 Å². The molecule has 0 spiro atoms. The fourth-order valence-corrected chi connectivity index (χ4v) is 4.61. The second-order valence-electron chi connectivity index (χ2n) is 6.59. The van der Waals surface area contributed by atoms with Crippen molar-refractivity contribution in [1.29, 1.82) is 0 Å². The van der Waals surface area contributed by atoms with Gasteiger partial charge in [-0.05, 0) is 48.7 Å². The average Bonchev–Trinajstić information content (AvgIpc) is 3.17. The fourth-order valence-electron chi connectivity index (χ4n) is 3.00. The van der Waals surface area contributed by atoms with E-state index in [1.165, 1.54) is 40.7 Å². The first-order chi connectivity index (χ1) is 13.1. The molecule has 5 nitrogen and oxygen atoms in total. The molecule has 1 aliphatic rings. The van der Waals surface area contributed by atoms with Crippen molar-refractivity contribution in [3.63, 3.8) is 0 Å².